The van der Waals surface area contributed by atoms with Crippen LogP contribution in [0.1, 0.15) is 12.8 Å². The van der Waals surface area contributed by atoms with Crippen LogP contribution >= 0.6 is 11.6 Å². The SMILES string of the molecule is FC(F)(F)CCCOc1nc(Cl)nc2ccccc12. The molecule has 0 amide bonds. The standard InChI is InChI=1S/C12H10ClF3N2O/c13-11-17-9-5-2-1-4-8(9)10(18-11)19-7-3-6-12(14,15)16/h1-2,4-5H,3,6-7H2. The van der Waals surface area contributed by atoms with Crippen molar-refractivity contribution in [2.75, 3.05) is 6.61 Å². The van der Waals surface area contributed by atoms with Crippen LogP contribution in [0.15, 0.2) is 24.3 Å². The summed E-state index contributed by atoms with van der Waals surface area (Å²) in [4.78, 5) is 7.88. The molecular weight excluding hydrogens is 281 g/mol. The Morgan fingerprint density at radius 1 is 1.16 bits per heavy atom. The number of rotatable bonds is 4. The van der Waals surface area contributed by atoms with Crippen molar-refractivity contribution in [1.29, 1.82) is 0 Å². The fourth-order valence-electron chi connectivity index (χ4n) is 1.57. The Bertz CT molecular complexity index is 574. The molecule has 19 heavy (non-hydrogen) atoms. The van der Waals surface area contributed by atoms with E-state index < -0.39 is 12.6 Å². The van der Waals surface area contributed by atoms with Crippen molar-refractivity contribution in [1.82, 2.24) is 9.97 Å². The molecule has 1 aromatic heterocycles. The molecule has 102 valence electrons. The highest BCUT2D eigenvalue weighted by atomic mass is 35.5. The zero-order valence-corrected chi connectivity index (χ0v) is 10.5. The third-order valence-electron chi connectivity index (χ3n) is 2.38. The number of benzene rings is 1. The van der Waals surface area contributed by atoms with Crippen molar-refractivity contribution < 1.29 is 17.9 Å². The van der Waals surface area contributed by atoms with E-state index in [1.807, 2.05) is 0 Å². The topological polar surface area (TPSA) is 35.0 Å². The molecule has 2 rings (SSSR count). The van der Waals surface area contributed by atoms with Crippen molar-refractivity contribution in [3.05, 3.63) is 29.5 Å². The van der Waals surface area contributed by atoms with E-state index in [4.69, 9.17) is 16.3 Å². The summed E-state index contributed by atoms with van der Waals surface area (Å²) in [6.07, 6.45) is -5.18. The highest BCUT2D eigenvalue weighted by molar-refractivity contribution is 6.28. The zero-order valence-electron chi connectivity index (χ0n) is 9.75. The number of hydrogen-bond acceptors (Lipinski definition) is 3. The summed E-state index contributed by atoms with van der Waals surface area (Å²) < 4.78 is 41.2. The van der Waals surface area contributed by atoms with E-state index in [0.717, 1.165) is 0 Å². The van der Waals surface area contributed by atoms with Gasteiger partial charge in [0, 0.05) is 6.42 Å². The number of alkyl halides is 3. The largest absolute Gasteiger partial charge is 0.477 e. The van der Waals surface area contributed by atoms with E-state index in [2.05, 4.69) is 9.97 Å². The van der Waals surface area contributed by atoms with Crippen molar-refractivity contribution in [2.45, 2.75) is 19.0 Å². The van der Waals surface area contributed by atoms with Gasteiger partial charge in [-0.1, -0.05) is 12.1 Å². The molecule has 0 radical (unpaired) electrons. The third-order valence-corrected chi connectivity index (χ3v) is 2.55. The van der Waals surface area contributed by atoms with Crippen LogP contribution in [-0.4, -0.2) is 22.8 Å². The number of fused-ring (bicyclic) bond motifs is 1. The first kappa shape index (κ1) is 13.9. The molecule has 2 aromatic rings. The molecule has 0 unspecified atom stereocenters. The zero-order chi connectivity index (χ0) is 13.9. The van der Waals surface area contributed by atoms with Gasteiger partial charge in [-0.05, 0) is 30.2 Å². The van der Waals surface area contributed by atoms with Crippen LogP contribution in [0.5, 0.6) is 5.88 Å². The molecule has 0 spiro atoms. The van der Waals surface area contributed by atoms with E-state index in [0.29, 0.717) is 10.9 Å². The van der Waals surface area contributed by atoms with Crippen LogP contribution in [0.3, 0.4) is 0 Å². The monoisotopic (exact) mass is 290 g/mol. The Balaban J connectivity index is 2.08. The fourth-order valence-corrected chi connectivity index (χ4v) is 1.74. The average molecular weight is 291 g/mol. The maximum absolute atomic E-state index is 12.0. The molecule has 0 saturated heterocycles. The van der Waals surface area contributed by atoms with Crippen LogP contribution in [0.25, 0.3) is 10.9 Å². The number of halogens is 4. The smallest absolute Gasteiger partial charge is 0.389 e. The Kier molecular flexibility index (Phi) is 4.09. The van der Waals surface area contributed by atoms with Crippen LogP contribution in [0.2, 0.25) is 5.28 Å². The number of nitrogens with zero attached hydrogens (tertiary/aromatic N) is 2. The summed E-state index contributed by atoms with van der Waals surface area (Å²) in [5.41, 5.74) is 0.591. The van der Waals surface area contributed by atoms with Crippen LogP contribution in [0.4, 0.5) is 13.2 Å². The molecule has 0 aliphatic heterocycles. The summed E-state index contributed by atoms with van der Waals surface area (Å²) >= 11 is 5.73. The van der Waals surface area contributed by atoms with Gasteiger partial charge in [-0.15, -0.1) is 0 Å². The molecule has 0 N–H and O–H groups in total. The van der Waals surface area contributed by atoms with Gasteiger partial charge < -0.3 is 4.74 Å². The molecule has 1 heterocycles. The first-order chi connectivity index (χ1) is 8.96. The van der Waals surface area contributed by atoms with E-state index in [9.17, 15) is 13.2 Å². The number of hydrogen-bond donors (Lipinski definition) is 0. The van der Waals surface area contributed by atoms with E-state index in [1.165, 1.54) is 0 Å². The lowest BCUT2D eigenvalue weighted by atomic mass is 10.2. The van der Waals surface area contributed by atoms with Gasteiger partial charge in [-0.25, -0.2) is 4.98 Å². The predicted molar refractivity (Wildman–Crippen MR) is 65.3 cm³/mol. The highest BCUT2D eigenvalue weighted by Crippen LogP contribution is 2.25. The lowest BCUT2D eigenvalue weighted by Gasteiger charge is -2.09. The van der Waals surface area contributed by atoms with Crippen LogP contribution in [-0.2, 0) is 0 Å². The van der Waals surface area contributed by atoms with E-state index in [-0.39, 0.29) is 24.2 Å². The van der Waals surface area contributed by atoms with Gasteiger partial charge in [-0.3, -0.25) is 0 Å². The minimum absolute atomic E-state index is 0.00419. The quantitative estimate of drug-likeness (QED) is 0.630. The van der Waals surface area contributed by atoms with E-state index in [1.54, 1.807) is 24.3 Å². The van der Waals surface area contributed by atoms with Gasteiger partial charge in [0.15, 0.2) is 0 Å². The molecule has 0 atom stereocenters. The second kappa shape index (κ2) is 5.61. The first-order valence-corrected chi connectivity index (χ1v) is 5.95. The lowest BCUT2D eigenvalue weighted by Crippen LogP contribution is -2.10. The summed E-state index contributed by atoms with van der Waals surface area (Å²) in [5.74, 6) is 0.206. The average Bonchev–Trinajstić information content (AvgIpc) is 2.33. The maximum atomic E-state index is 12.0. The summed E-state index contributed by atoms with van der Waals surface area (Å²) in [6, 6.07) is 7.00. The number of aromatic nitrogens is 2. The molecule has 0 bridgehead atoms. The second-order valence-corrected chi connectivity index (χ2v) is 4.22. The van der Waals surface area contributed by atoms with Crippen molar-refractivity contribution in [3.8, 4) is 5.88 Å². The van der Waals surface area contributed by atoms with Gasteiger partial charge in [0.25, 0.3) is 0 Å². The van der Waals surface area contributed by atoms with Crippen LogP contribution < -0.4 is 4.74 Å². The van der Waals surface area contributed by atoms with Crippen molar-refractivity contribution >= 4 is 22.5 Å². The summed E-state index contributed by atoms with van der Waals surface area (Å²) in [5, 5.41) is 0.628. The van der Waals surface area contributed by atoms with Crippen molar-refractivity contribution in [2.24, 2.45) is 0 Å². The lowest BCUT2D eigenvalue weighted by molar-refractivity contribution is -0.136. The van der Waals surface area contributed by atoms with Gasteiger partial charge in [0.1, 0.15) is 0 Å². The van der Waals surface area contributed by atoms with Gasteiger partial charge in [-0.2, -0.15) is 18.2 Å². The Morgan fingerprint density at radius 2 is 1.89 bits per heavy atom. The summed E-state index contributed by atoms with van der Waals surface area (Å²) in [6.45, 7) is -0.0726. The van der Waals surface area contributed by atoms with Gasteiger partial charge in [0.2, 0.25) is 11.2 Å². The minimum atomic E-state index is -4.17. The molecule has 3 nitrogen and oxygen atoms in total. The van der Waals surface area contributed by atoms with Crippen molar-refractivity contribution in [3.63, 3.8) is 0 Å². The first-order valence-electron chi connectivity index (χ1n) is 5.57. The number of para-hydroxylation sites is 1. The van der Waals surface area contributed by atoms with E-state index >= 15 is 0 Å². The molecule has 1 aromatic carbocycles. The Labute approximate surface area is 112 Å². The van der Waals surface area contributed by atoms with Gasteiger partial charge >= 0.3 is 6.18 Å². The summed E-state index contributed by atoms with van der Waals surface area (Å²) in [7, 11) is 0. The molecule has 0 aliphatic rings. The maximum Gasteiger partial charge on any atom is 0.389 e. The molecule has 7 heteroatoms. The minimum Gasteiger partial charge on any atom is -0.477 e. The Morgan fingerprint density at radius 3 is 2.63 bits per heavy atom. The molecule has 0 aliphatic carbocycles. The van der Waals surface area contributed by atoms with Crippen LogP contribution in [0, 0.1) is 0 Å². The fraction of sp³-hybridized carbons (Fsp3) is 0.333. The van der Waals surface area contributed by atoms with Gasteiger partial charge in [0.05, 0.1) is 17.5 Å². The third kappa shape index (κ3) is 3.96. The second-order valence-electron chi connectivity index (χ2n) is 3.88. The number of ether oxygens (including phenoxy) is 1. The highest BCUT2D eigenvalue weighted by Gasteiger charge is 2.26. The predicted octanol–water partition coefficient (Wildman–Crippen LogP) is 4.00. The Hall–Kier alpha value is -1.56. The normalized spacial score (nSPS) is 11.8. The molecular formula is C12H10ClF3N2O. The molecule has 0 fully saturated rings. The molecule has 0 saturated carbocycles.